The zero-order chi connectivity index (χ0) is 19.5. The van der Waals surface area contributed by atoms with Gasteiger partial charge in [-0.05, 0) is 23.6 Å². The average molecular weight is 375 g/mol. The summed E-state index contributed by atoms with van der Waals surface area (Å²) in [6.45, 7) is 3.30. The zero-order valence-electron chi connectivity index (χ0n) is 15.5. The predicted molar refractivity (Wildman–Crippen MR) is 106 cm³/mol. The lowest BCUT2D eigenvalue weighted by Crippen LogP contribution is -2.33. The first-order valence-corrected chi connectivity index (χ1v) is 9.24. The molecule has 3 N–H and O–H groups in total. The van der Waals surface area contributed by atoms with Gasteiger partial charge in [-0.1, -0.05) is 24.3 Å². The molecule has 142 valence electrons. The molecule has 1 unspecified atom stereocenters. The van der Waals surface area contributed by atoms with E-state index in [-0.39, 0.29) is 17.5 Å². The number of H-pyrrole nitrogens is 1. The van der Waals surface area contributed by atoms with E-state index < -0.39 is 0 Å². The Hall–Kier alpha value is -3.32. The molecule has 28 heavy (non-hydrogen) atoms. The van der Waals surface area contributed by atoms with Crippen LogP contribution in [0.15, 0.2) is 53.8 Å². The topological polar surface area (TPSA) is 99.8 Å². The standard InChI is InChI=1S/C21H21N5O2/c1-13(14-2-4-15(5-3-14)16-9-23-12-24-10-16)25-21(28)17-8-20(27)26-19-6-7-22-11-18(17)19/h2-5,8-10,12-13,22H,6-7,11H2,1H3,(H,25,28)(H,26,27). The lowest BCUT2D eigenvalue weighted by Gasteiger charge is -2.21. The van der Waals surface area contributed by atoms with Crippen LogP contribution in [0.1, 0.15) is 40.1 Å². The number of aromatic nitrogens is 3. The number of pyridine rings is 1. The maximum absolute atomic E-state index is 12.8. The van der Waals surface area contributed by atoms with Crippen molar-refractivity contribution in [3.05, 3.63) is 81.8 Å². The third-order valence-electron chi connectivity index (χ3n) is 4.99. The van der Waals surface area contributed by atoms with E-state index in [9.17, 15) is 9.59 Å². The molecule has 1 aliphatic rings. The van der Waals surface area contributed by atoms with E-state index >= 15 is 0 Å². The molecule has 1 aliphatic heterocycles. The number of fused-ring (bicyclic) bond motifs is 1. The monoisotopic (exact) mass is 375 g/mol. The summed E-state index contributed by atoms with van der Waals surface area (Å²) >= 11 is 0. The molecular weight excluding hydrogens is 354 g/mol. The first-order valence-electron chi connectivity index (χ1n) is 9.24. The third-order valence-corrected chi connectivity index (χ3v) is 4.99. The number of benzene rings is 1. The van der Waals surface area contributed by atoms with E-state index in [1.54, 1.807) is 12.4 Å². The van der Waals surface area contributed by atoms with Crippen LogP contribution in [0.4, 0.5) is 0 Å². The van der Waals surface area contributed by atoms with Crippen molar-refractivity contribution in [3.63, 3.8) is 0 Å². The van der Waals surface area contributed by atoms with Crippen LogP contribution in [0, 0.1) is 0 Å². The molecule has 2 aromatic heterocycles. The van der Waals surface area contributed by atoms with Gasteiger partial charge >= 0.3 is 0 Å². The van der Waals surface area contributed by atoms with Crippen molar-refractivity contribution in [3.8, 4) is 11.1 Å². The summed E-state index contributed by atoms with van der Waals surface area (Å²) in [7, 11) is 0. The molecule has 0 saturated carbocycles. The molecule has 1 aromatic carbocycles. The summed E-state index contributed by atoms with van der Waals surface area (Å²) < 4.78 is 0. The molecule has 0 saturated heterocycles. The summed E-state index contributed by atoms with van der Waals surface area (Å²) in [6.07, 6.45) is 5.74. The minimum Gasteiger partial charge on any atom is -0.346 e. The first kappa shape index (κ1) is 18.1. The van der Waals surface area contributed by atoms with Crippen molar-refractivity contribution >= 4 is 5.91 Å². The van der Waals surface area contributed by atoms with Crippen molar-refractivity contribution in [1.29, 1.82) is 0 Å². The highest BCUT2D eigenvalue weighted by molar-refractivity contribution is 5.96. The Bertz CT molecular complexity index is 1040. The third kappa shape index (κ3) is 3.70. The Kier molecular flexibility index (Phi) is 4.99. The number of nitrogens with one attached hydrogen (secondary N) is 3. The van der Waals surface area contributed by atoms with Gasteiger partial charge in [0.2, 0.25) is 5.56 Å². The van der Waals surface area contributed by atoms with Crippen LogP contribution in [-0.4, -0.2) is 27.4 Å². The molecule has 7 heteroatoms. The minimum absolute atomic E-state index is 0.194. The molecule has 1 atom stereocenters. The van der Waals surface area contributed by atoms with Gasteiger partial charge in [-0.25, -0.2) is 9.97 Å². The second-order valence-electron chi connectivity index (χ2n) is 6.88. The van der Waals surface area contributed by atoms with Crippen molar-refractivity contribution in [2.24, 2.45) is 0 Å². The van der Waals surface area contributed by atoms with Crippen molar-refractivity contribution in [2.75, 3.05) is 6.54 Å². The number of carbonyl (C=O) groups excluding carboxylic acids is 1. The maximum Gasteiger partial charge on any atom is 0.252 e. The number of hydrogen-bond donors (Lipinski definition) is 3. The summed E-state index contributed by atoms with van der Waals surface area (Å²) in [4.78, 5) is 35.7. The minimum atomic E-state index is -0.243. The van der Waals surface area contributed by atoms with E-state index in [1.807, 2.05) is 31.2 Å². The molecule has 0 radical (unpaired) electrons. The van der Waals surface area contributed by atoms with Crippen molar-refractivity contribution < 1.29 is 4.79 Å². The molecule has 0 bridgehead atoms. The number of rotatable bonds is 4. The number of hydrogen-bond acceptors (Lipinski definition) is 5. The lowest BCUT2D eigenvalue weighted by molar-refractivity contribution is 0.0938. The van der Waals surface area contributed by atoms with Crippen LogP contribution in [0.5, 0.6) is 0 Å². The highest BCUT2D eigenvalue weighted by Gasteiger charge is 2.20. The molecule has 0 spiro atoms. The molecule has 0 aliphatic carbocycles. The van der Waals surface area contributed by atoms with Gasteiger partial charge in [0, 0.05) is 49.2 Å². The van der Waals surface area contributed by atoms with Crippen LogP contribution in [0.3, 0.4) is 0 Å². The van der Waals surface area contributed by atoms with Gasteiger partial charge < -0.3 is 15.6 Å². The Labute approximate surface area is 162 Å². The molecule has 7 nitrogen and oxygen atoms in total. The second kappa shape index (κ2) is 7.74. The Morgan fingerprint density at radius 1 is 1.14 bits per heavy atom. The largest absolute Gasteiger partial charge is 0.346 e. The Morgan fingerprint density at radius 2 is 1.89 bits per heavy atom. The van der Waals surface area contributed by atoms with Crippen LogP contribution in [0.2, 0.25) is 0 Å². The van der Waals surface area contributed by atoms with Gasteiger partial charge in [-0.15, -0.1) is 0 Å². The molecule has 4 rings (SSSR count). The summed E-state index contributed by atoms with van der Waals surface area (Å²) in [5, 5.41) is 6.26. The van der Waals surface area contributed by atoms with Crippen molar-refractivity contribution in [2.45, 2.75) is 25.9 Å². The Balaban J connectivity index is 1.52. The molecule has 0 fully saturated rings. The number of carbonyl (C=O) groups is 1. The molecule has 3 aromatic rings. The van der Waals surface area contributed by atoms with Crippen LogP contribution < -0.4 is 16.2 Å². The number of nitrogens with zero attached hydrogens (tertiary/aromatic N) is 2. The van der Waals surface area contributed by atoms with Gasteiger partial charge in [0.05, 0.1) is 11.6 Å². The fraction of sp³-hybridized carbons (Fsp3) is 0.238. The number of aromatic amines is 1. The van der Waals surface area contributed by atoms with E-state index in [0.29, 0.717) is 18.5 Å². The quantitative estimate of drug-likeness (QED) is 0.647. The van der Waals surface area contributed by atoms with E-state index in [2.05, 4.69) is 25.6 Å². The fourth-order valence-corrected chi connectivity index (χ4v) is 3.46. The van der Waals surface area contributed by atoms with E-state index in [4.69, 9.17) is 0 Å². The normalized spacial score (nSPS) is 14.2. The highest BCUT2D eigenvalue weighted by atomic mass is 16.2. The van der Waals surface area contributed by atoms with Gasteiger partial charge in [-0.2, -0.15) is 0 Å². The van der Waals surface area contributed by atoms with E-state index in [0.717, 1.165) is 34.5 Å². The fourth-order valence-electron chi connectivity index (χ4n) is 3.46. The van der Waals surface area contributed by atoms with Gasteiger partial charge in [0.1, 0.15) is 6.33 Å². The maximum atomic E-state index is 12.8. The highest BCUT2D eigenvalue weighted by Crippen LogP contribution is 2.21. The summed E-state index contributed by atoms with van der Waals surface area (Å²) in [5.41, 5.74) is 4.84. The summed E-state index contributed by atoms with van der Waals surface area (Å²) in [6, 6.07) is 9.10. The van der Waals surface area contributed by atoms with Gasteiger partial charge in [0.25, 0.3) is 5.91 Å². The van der Waals surface area contributed by atoms with Crippen LogP contribution in [0.25, 0.3) is 11.1 Å². The van der Waals surface area contributed by atoms with E-state index in [1.165, 1.54) is 12.4 Å². The lowest BCUT2D eigenvalue weighted by atomic mass is 9.99. The molecule has 3 heterocycles. The van der Waals surface area contributed by atoms with Gasteiger partial charge in [-0.3, -0.25) is 9.59 Å². The average Bonchev–Trinajstić information content (AvgIpc) is 2.73. The van der Waals surface area contributed by atoms with Gasteiger partial charge in [0.15, 0.2) is 0 Å². The first-order chi connectivity index (χ1) is 13.6. The molecule has 1 amide bonds. The second-order valence-corrected chi connectivity index (χ2v) is 6.88. The zero-order valence-corrected chi connectivity index (χ0v) is 15.5. The van der Waals surface area contributed by atoms with Crippen molar-refractivity contribution in [1.82, 2.24) is 25.6 Å². The van der Waals surface area contributed by atoms with Crippen LogP contribution in [-0.2, 0) is 13.0 Å². The summed E-state index contributed by atoms with van der Waals surface area (Å²) in [5.74, 6) is -0.237. The predicted octanol–water partition coefficient (Wildman–Crippen LogP) is 1.97. The van der Waals surface area contributed by atoms with Crippen LogP contribution >= 0.6 is 0 Å². The smallest absolute Gasteiger partial charge is 0.252 e. The Morgan fingerprint density at radius 3 is 2.64 bits per heavy atom. The SMILES string of the molecule is CC(NC(=O)c1cc(=O)[nH]c2c1CNCC2)c1ccc(-c2cncnc2)cc1. The molecular formula is C21H21N5O2. The number of amides is 1.